The number of hydrogen-bond acceptors (Lipinski definition) is 7. The Morgan fingerprint density at radius 1 is 1.16 bits per heavy atom. The van der Waals surface area contributed by atoms with Crippen LogP contribution in [-0.2, 0) is 0 Å². The van der Waals surface area contributed by atoms with Crippen LogP contribution in [0.3, 0.4) is 0 Å². The zero-order valence-electron chi connectivity index (χ0n) is 16.4. The highest BCUT2D eigenvalue weighted by atomic mass is 79.9. The number of benzene rings is 2. The zero-order chi connectivity index (χ0) is 22.7. The Kier molecular flexibility index (Phi) is 6.59. The van der Waals surface area contributed by atoms with E-state index in [4.69, 9.17) is 25.5 Å². The molecule has 10 heteroatoms. The summed E-state index contributed by atoms with van der Waals surface area (Å²) in [5, 5.41) is 5.06. The average Bonchev–Trinajstić information content (AvgIpc) is 3.38. The molecule has 162 valence electrons. The number of thiophene rings is 1. The van der Waals surface area contributed by atoms with Crippen molar-refractivity contribution in [2.24, 2.45) is 5.10 Å². The van der Waals surface area contributed by atoms with Gasteiger partial charge in [-0.15, -0.1) is 11.3 Å². The lowest BCUT2D eigenvalue weighted by Gasteiger charge is -2.09. The van der Waals surface area contributed by atoms with E-state index in [0.717, 1.165) is 10.1 Å². The highest BCUT2D eigenvalue weighted by Gasteiger charge is 2.20. The van der Waals surface area contributed by atoms with Crippen LogP contribution in [0.5, 0.6) is 11.5 Å². The Morgan fingerprint density at radius 2 is 1.97 bits per heavy atom. The summed E-state index contributed by atoms with van der Waals surface area (Å²) in [7, 11) is 1.45. The molecule has 2 aromatic heterocycles. The molecule has 0 bridgehead atoms. The summed E-state index contributed by atoms with van der Waals surface area (Å²) < 4.78 is 17.4. The minimum Gasteiger partial charge on any atom is -0.493 e. The van der Waals surface area contributed by atoms with Gasteiger partial charge in [0.15, 0.2) is 21.9 Å². The summed E-state index contributed by atoms with van der Waals surface area (Å²) in [5.74, 6) is -0.403. The van der Waals surface area contributed by atoms with E-state index in [1.54, 1.807) is 24.3 Å². The number of carbonyl (C=O) groups is 2. The molecule has 1 N–H and O–H groups in total. The Hall–Kier alpha value is -3.14. The molecule has 0 unspecified atom stereocenters. The number of esters is 1. The number of hydrazone groups is 1. The molecule has 2 heterocycles. The van der Waals surface area contributed by atoms with Crippen LogP contribution >= 0.6 is 38.9 Å². The number of nitrogens with one attached hydrogen (secondary N) is 1. The fourth-order valence-corrected chi connectivity index (χ4v) is 4.49. The van der Waals surface area contributed by atoms with Gasteiger partial charge >= 0.3 is 11.9 Å². The molecule has 0 aliphatic rings. The number of rotatable bonds is 6. The van der Waals surface area contributed by atoms with Gasteiger partial charge in [-0.2, -0.15) is 5.10 Å². The summed E-state index contributed by atoms with van der Waals surface area (Å²) >= 11 is 10.8. The third-order valence-corrected chi connectivity index (χ3v) is 6.37. The van der Waals surface area contributed by atoms with Crippen LogP contribution < -0.4 is 14.9 Å². The maximum Gasteiger partial charge on any atom is 0.355 e. The number of furan rings is 1. The van der Waals surface area contributed by atoms with Crippen molar-refractivity contribution in [3.05, 3.63) is 80.5 Å². The molecule has 0 saturated heterocycles. The third kappa shape index (κ3) is 4.69. The number of carbonyl (C=O) groups excluding carboxylic acids is 2. The van der Waals surface area contributed by atoms with Crippen LogP contribution in [0.25, 0.3) is 10.1 Å². The highest BCUT2D eigenvalue weighted by molar-refractivity contribution is 9.10. The van der Waals surface area contributed by atoms with Crippen molar-refractivity contribution in [3.8, 4) is 11.5 Å². The Balaban J connectivity index is 1.47. The van der Waals surface area contributed by atoms with Gasteiger partial charge in [0.05, 0.1) is 18.3 Å². The second kappa shape index (κ2) is 9.56. The first-order valence-electron chi connectivity index (χ1n) is 9.12. The fourth-order valence-electron chi connectivity index (χ4n) is 2.80. The molecule has 0 radical (unpaired) electrons. The number of hydrogen-bond donors (Lipinski definition) is 1. The fraction of sp³-hybridized carbons (Fsp3) is 0.0455. The first-order valence-corrected chi connectivity index (χ1v) is 11.1. The minimum atomic E-state index is -0.576. The first kappa shape index (κ1) is 22.1. The van der Waals surface area contributed by atoms with E-state index in [2.05, 4.69) is 26.5 Å². The Morgan fingerprint density at radius 3 is 2.69 bits per heavy atom. The van der Waals surface area contributed by atoms with Crippen molar-refractivity contribution >= 4 is 67.0 Å². The molecule has 2 aromatic carbocycles. The van der Waals surface area contributed by atoms with Gasteiger partial charge in [0, 0.05) is 10.1 Å². The predicted molar refractivity (Wildman–Crippen MR) is 126 cm³/mol. The van der Waals surface area contributed by atoms with E-state index in [1.807, 2.05) is 24.3 Å². The van der Waals surface area contributed by atoms with E-state index < -0.39 is 11.9 Å². The van der Waals surface area contributed by atoms with Gasteiger partial charge in [-0.3, -0.25) is 4.79 Å². The van der Waals surface area contributed by atoms with Crippen LogP contribution in [-0.4, -0.2) is 25.2 Å². The monoisotopic (exact) mass is 532 g/mol. The smallest absolute Gasteiger partial charge is 0.355 e. The molecule has 0 atom stereocenters. The standard InChI is InChI=1S/C22H14BrClN2O5S/c1-29-16-10-12(11-25-26-21(27)15-8-9-18(23)30-15)6-7-14(16)31-22(28)20-19(24)13-4-2-3-5-17(13)32-20/h2-11H,1H3,(H,26,27)/b25-11+. The van der Waals surface area contributed by atoms with Gasteiger partial charge in [-0.05, 0) is 57.9 Å². The number of halogens is 2. The summed E-state index contributed by atoms with van der Waals surface area (Å²) in [6.45, 7) is 0. The lowest BCUT2D eigenvalue weighted by Crippen LogP contribution is -2.16. The number of ether oxygens (including phenoxy) is 2. The van der Waals surface area contributed by atoms with Crippen molar-refractivity contribution in [2.45, 2.75) is 0 Å². The number of amides is 1. The molecular formula is C22H14BrClN2O5S. The second-order valence-corrected chi connectivity index (χ2v) is 8.56. The summed E-state index contributed by atoms with van der Waals surface area (Å²) in [6.07, 6.45) is 1.42. The lowest BCUT2D eigenvalue weighted by atomic mass is 10.2. The van der Waals surface area contributed by atoms with Gasteiger partial charge < -0.3 is 13.9 Å². The molecule has 0 saturated carbocycles. The van der Waals surface area contributed by atoms with Gasteiger partial charge in [0.1, 0.15) is 4.88 Å². The summed E-state index contributed by atoms with van der Waals surface area (Å²) in [6, 6.07) is 15.5. The summed E-state index contributed by atoms with van der Waals surface area (Å²) in [4.78, 5) is 25.0. The molecule has 4 rings (SSSR count). The molecule has 1 amide bonds. The third-order valence-electron chi connectivity index (χ3n) is 4.29. The second-order valence-electron chi connectivity index (χ2n) is 6.34. The maximum absolute atomic E-state index is 12.7. The molecule has 32 heavy (non-hydrogen) atoms. The Labute approximate surface area is 199 Å². The van der Waals surface area contributed by atoms with E-state index in [0.29, 0.717) is 25.9 Å². The number of fused-ring (bicyclic) bond motifs is 1. The van der Waals surface area contributed by atoms with E-state index in [-0.39, 0.29) is 11.5 Å². The number of methoxy groups -OCH3 is 1. The van der Waals surface area contributed by atoms with Gasteiger partial charge in [0.25, 0.3) is 0 Å². The van der Waals surface area contributed by atoms with Gasteiger partial charge in [-0.25, -0.2) is 10.2 Å². The quantitative estimate of drug-likeness (QED) is 0.144. The van der Waals surface area contributed by atoms with Crippen LogP contribution in [0.4, 0.5) is 0 Å². The van der Waals surface area contributed by atoms with Crippen molar-refractivity contribution in [1.82, 2.24) is 5.43 Å². The molecule has 0 aliphatic heterocycles. The van der Waals surface area contributed by atoms with Crippen molar-refractivity contribution in [3.63, 3.8) is 0 Å². The topological polar surface area (TPSA) is 90.1 Å². The number of nitrogens with zero attached hydrogens (tertiary/aromatic N) is 1. The largest absolute Gasteiger partial charge is 0.493 e. The predicted octanol–water partition coefficient (Wildman–Crippen LogP) is 5.90. The lowest BCUT2D eigenvalue weighted by molar-refractivity contribution is 0.0734. The SMILES string of the molecule is COc1cc(/C=N/NC(=O)c2ccc(Br)o2)ccc1OC(=O)c1sc2ccccc2c1Cl. The van der Waals surface area contributed by atoms with Crippen molar-refractivity contribution in [2.75, 3.05) is 7.11 Å². The Bertz CT molecular complexity index is 1350. The molecule has 7 nitrogen and oxygen atoms in total. The highest BCUT2D eigenvalue weighted by Crippen LogP contribution is 2.37. The normalized spacial score (nSPS) is 11.1. The van der Waals surface area contributed by atoms with Crippen LogP contribution in [0.1, 0.15) is 25.8 Å². The van der Waals surface area contributed by atoms with Crippen LogP contribution in [0, 0.1) is 0 Å². The van der Waals surface area contributed by atoms with Crippen molar-refractivity contribution in [1.29, 1.82) is 0 Å². The molecule has 0 fully saturated rings. The summed E-state index contributed by atoms with van der Waals surface area (Å²) in [5.41, 5.74) is 2.98. The van der Waals surface area contributed by atoms with E-state index in [9.17, 15) is 9.59 Å². The van der Waals surface area contributed by atoms with Crippen molar-refractivity contribution < 1.29 is 23.5 Å². The zero-order valence-corrected chi connectivity index (χ0v) is 19.6. The minimum absolute atomic E-state index is 0.119. The molecule has 0 aliphatic carbocycles. The van der Waals surface area contributed by atoms with Crippen LogP contribution in [0.2, 0.25) is 5.02 Å². The molecular weight excluding hydrogens is 520 g/mol. The van der Waals surface area contributed by atoms with Gasteiger partial charge in [0.2, 0.25) is 0 Å². The van der Waals surface area contributed by atoms with Crippen LogP contribution in [0.15, 0.2) is 68.8 Å². The molecule has 4 aromatic rings. The van der Waals surface area contributed by atoms with E-state index >= 15 is 0 Å². The average molecular weight is 534 g/mol. The van der Waals surface area contributed by atoms with Gasteiger partial charge in [-0.1, -0.05) is 29.8 Å². The first-order chi connectivity index (χ1) is 15.5. The van der Waals surface area contributed by atoms with E-state index in [1.165, 1.54) is 30.7 Å². The molecule has 0 spiro atoms. The maximum atomic E-state index is 12.7.